The van der Waals surface area contributed by atoms with E-state index in [9.17, 15) is 14.4 Å². The first-order valence-electron chi connectivity index (χ1n) is 6.94. The molecule has 0 saturated carbocycles. The summed E-state index contributed by atoms with van der Waals surface area (Å²) in [7, 11) is 0. The van der Waals surface area contributed by atoms with Gasteiger partial charge in [0.25, 0.3) is 6.29 Å². The van der Waals surface area contributed by atoms with Crippen LogP contribution in [-0.2, 0) is 19.1 Å². The van der Waals surface area contributed by atoms with Crippen molar-refractivity contribution in [3.8, 4) is 0 Å². The number of carboxylic acid groups (broad SMARTS) is 1. The van der Waals surface area contributed by atoms with E-state index in [4.69, 9.17) is 14.6 Å². The zero-order chi connectivity index (χ0) is 17.5. The Kier molecular flexibility index (Phi) is 8.29. The number of hydrogen-bond donors (Lipinski definition) is 2. The van der Waals surface area contributed by atoms with Crippen molar-refractivity contribution in [1.82, 2.24) is 5.32 Å². The molecule has 0 aliphatic heterocycles. The molecule has 0 aliphatic rings. The van der Waals surface area contributed by atoms with Crippen molar-refractivity contribution < 1.29 is 29.0 Å². The maximum absolute atomic E-state index is 11.7. The molecule has 0 saturated heterocycles. The van der Waals surface area contributed by atoms with Gasteiger partial charge in [-0.25, -0.2) is 4.79 Å². The molecule has 0 heterocycles. The van der Waals surface area contributed by atoms with Crippen molar-refractivity contribution in [2.45, 2.75) is 57.8 Å². The van der Waals surface area contributed by atoms with E-state index in [0.29, 0.717) is 0 Å². The maximum atomic E-state index is 11.7. The number of esters is 1. The zero-order valence-electron chi connectivity index (χ0n) is 13.8. The molecule has 0 fully saturated rings. The third kappa shape index (κ3) is 9.49. The lowest BCUT2D eigenvalue weighted by Gasteiger charge is -2.24. The SMILES string of the molecule is CC(=O)O[C@@H](OC(=O)NC[C@H](SC(C)(C)C)C(=O)O)C(C)C. The molecule has 0 spiro atoms. The van der Waals surface area contributed by atoms with E-state index in [1.54, 1.807) is 13.8 Å². The molecule has 0 aromatic heterocycles. The van der Waals surface area contributed by atoms with Crippen LogP contribution in [0, 0.1) is 5.92 Å². The van der Waals surface area contributed by atoms with Crippen LogP contribution in [0.25, 0.3) is 0 Å². The second kappa shape index (κ2) is 8.87. The summed E-state index contributed by atoms with van der Waals surface area (Å²) in [6.45, 7) is 10.3. The molecular weight excluding hydrogens is 310 g/mol. The van der Waals surface area contributed by atoms with Crippen LogP contribution in [0.3, 0.4) is 0 Å². The standard InChI is InChI=1S/C14H25NO6S/c1-8(2)12(20-9(3)16)21-13(19)15-7-10(11(17)18)22-14(4,5)6/h8,10,12H,7H2,1-6H3,(H,15,19)(H,17,18)/t10-,12-/m0/s1. The Morgan fingerprint density at radius 3 is 2.09 bits per heavy atom. The van der Waals surface area contributed by atoms with E-state index >= 15 is 0 Å². The molecule has 0 radical (unpaired) electrons. The zero-order valence-corrected chi connectivity index (χ0v) is 14.7. The first kappa shape index (κ1) is 20.6. The van der Waals surface area contributed by atoms with Crippen molar-refractivity contribution in [2.75, 3.05) is 6.54 Å². The van der Waals surface area contributed by atoms with Crippen molar-refractivity contribution in [3.63, 3.8) is 0 Å². The highest BCUT2D eigenvalue weighted by Crippen LogP contribution is 2.28. The highest BCUT2D eigenvalue weighted by atomic mass is 32.2. The van der Waals surface area contributed by atoms with Gasteiger partial charge < -0.3 is 19.9 Å². The molecule has 7 nitrogen and oxygen atoms in total. The molecule has 0 aliphatic carbocycles. The monoisotopic (exact) mass is 335 g/mol. The van der Waals surface area contributed by atoms with Gasteiger partial charge in [0.2, 0.25) is 0 Å². The second-order valence-electron chi connectivity index (χ2n) is 6.07. The van der Waals surface area contributed by atoms with E-state index < -0.39 is 29.6 Å². The largest absolute Gasteiger partial charge is 0.480 e. The predicted octanol–water partition coefficient (Wildman–Crippen LogP) is 2.24. The van der Waals surface area contributed by atoms with Gasteiger partial charge in [-0.15, -0.1) is 11.8 Å². The highest BCUT2D eigenvalue weighted by Gasteiger charge is 2.27. The van der Waals surface area contributed by atoms with Gasteiger partial charge in [0.05, 0.1) is 0 Å². The molecule has 2 atom stereocenters. The van der Waals surface area contributed by atoms with Crippen LogP contribution >= 0.6 is 11.8 Å². The van der Waals surface area contributed by atoms with Gasteiger partial charge in [0.1, 0.15) is 5.25 Å². The normalized spacial score (nSPS) is 14.1. The first-order chi connectivity index (χ1) is 9.92. The lowest BCUT2D eigenvalue weighted by Crippen LogP contribution is -2.40. The summed E-state index contributed by atoms with van der Waals surface area (Å²) in [4.78, 5) is 33.8. The molecular formula is C14H25NO6S. The van der Waals surface area contributed by atoms with E-state index in [2.05, 4.69) is 5.32 Å². The summed E-state index contributed by atoms with van der Waals surface area (Å²) in [5, 5.41) is 10.8. The summed E-state index contributed by atoms with van der Waals surface area (Å²) in [6, 6.07) is 0. The molecule has 2 N–H and O–H groups in total. The number of amides is 1. The van der Waals surface area contributed by atoms with Crippen LogP contribution < -0.4 is 5.32 Å². The minimum Gasteiger partial charge on any atom is -0.480 e. The predicted molar refractivity (Wildman–Crippen MR) is 83.6 cm³/mol. The number of aliphatic carboxylic acids is 1. The molecule has 0 rings (SSSR count). The average Bonchev–Trinajstić information content (AvgIpc) is 2.31. The lowest BCUT2D eigenvalue weighted by atomic mass is 10.2. The lowest BCUT2D eigenvalue weighted by molar-refractivity contribution is -0.172. The van der Waals surface area contributed by atoms with Crippen molar-refractivity contribution in [3.05, 3.63) is 0 Å². The van der Waals surface area contributed by atoms with Gasteiger partial charge >= 0.3 is 18.0 Å². The number of alkyl carbamates (subject to hydrolysis) is 1. The van der Waals surface area contributed by atoms with Crippen molar-refractivity contribution in [1.29, 1.82) is 0 Å². The average molecular weight is 335 g/mol. The van der Waals surface area contributed by atoms with E-state index in [0.717, 1.165) is 0 Å². The van der Waals surface area contributed by atoms with Gasteiger partial charge in [0, 0.05) is 24.1 Å². The minimum absolute atomic E-state index is 0.0824. The Labute approximate surface area is 135 Å². The third-order valence-corrected chi connectivity index (χ3v) is 3.61. The van der Waals surface area contributed by atoms with Crippen LogP contribution in [0.15, 0.2) is 0 Å². The quantitative estimate of drug-likeness (QED) is 0.543. The van der Waals surface area contributed by atoms with Crippen molar-refractivity contribution in [2.24, 2.45) is 5.92 Å². The fraction of sp³-hybridized carbons (Fsp3) is 0.786. The van der Waals surface area contributed by atoms with Gasteiger partial charge in [-0.3, -0.25) is 9.59 Å². The fourth-order valence-electron chi connectivity index (χ4n) is 1.39. The van der Waals surface area contributed by atoms with Crippen LogP contribution in [-0.4, -0.2) is 46.0 Å². The smallest absolute Gasteiger partial charge is 0.410 e. The van der Waals surface area contributed by atoms with Crippen LogP contribution in [0.1, 0.15) is 41.5 Å². The number of carboxylic acids is 1. The van der Waals surface area contributed by atoms with Crippen LogP contribution in [0.2, 0.25) is 0 Å². The summed E-state index contributed by atoms with van der Waals surface area (Å²) in [5.41, 5.74) is 0. The molecule has 8 heteroatoms. The Morgan fingerprint density at radius 2 is 1.73 bits per heavy atom. The van der Waals surface area contributed by atoms with E-state index in [1.165, 1.54) is 18.7 Å². The Balaban J connectivity index is 4.50. The number of hydrogen-bond acceptors (Lipinski definition) is 6. The summed E-state index contributed by atoms with van der Waals surface area (Å²) < 4.78 is 9.60. The van der Waals surface area contributed by atoms with Gasteiger partial charge in [-0.1, -0.05) is 34.6 Å². The summed E-state index contributed by atoms with van der Waals surface area (Å²) in [5.74, 6) is -1.78. The topological polar surface area (TPSA) is 102 Å². The van der Waals surface area contributed by atoms with E-state index in [-0.39, 0.29) is 17.2 Å². The number of rotatable bonds is 7. The third-order valence-electron chi connectivity index (χ3n) is 2.25. The van der Waals surface area contributed by atoms with Gasteiger partial charge in [-0.2, -0.15) is 0 Å². The Hall–Kier alpha value is -1.44. The molecule has 0 bridgehead atoms. The Bertz CT molecular complexity index is 405. The maximum Gasteiger partial charge on any atom is 0.410 e. The first-order valence-corrected chi connectivity index (χ1v) is 7.82. The number of carbonyl (C=O) groups excluding carboxylic acids is 2. The summed E-state index contributed by atoms with van der Waals surface area (Å²) >= 11 is 1.23. The number of nitrogens with one attached hydrogen (secondary N) is 1. The Morgan fingerprint density at radius 1 is 1.18 bits per heavy atom. The highest BCUT2D eigenvalue weighted by molar-refractivity contribution is 8.01. The molecule has 0 aromatic rings. The minimum atomic E-state index is -1.01. The number of ether oxygens (including phenoxy) is 2. The number of thioether (sulfide) groups is 1. The van der Waals surface area contributed by atoms with E-state index in [1.807, 2.05) is 20.8 Å². The summed E-state index contributed by atoms with van der Waals surface area (Å²) in [6.07, 6.45) is -1.82. The second-order valence-corrected chi connectivity index (χ2v) is 8.09. The molecule has 0 unspecified atom stereocenters. The molecule has 1 amide bonds. The number of carbonyl (C=O) groups is 3. The van der Waals surface area contributed by atoms with Crippen molar-refractivity contribution >= 4 is 29.8 Å². The molecule has 0 aromatic carbocycles. The van der Waals surface area contributed by atoms with Gasteiger partial charge in [0.15, 0.2) is 0 Å². The van der Waals surface area contributed by atoms with Crippen LogP contribution in [0.5, 0.6) is 0 Å². The molecule has 128 valence electrons. The fourth-order valence-corrected chi connectivity index (χ4v) is 2.51. The van der Waals surface area contributed by atoms with Crippen LogP contribution in [0.4, 0.5) is 4.79 Å². The molecule has 22 heavy (non-hydrogen) atoms. The van der Waals surface area contributed by atoms with Gasteiger partial charge in [-0.05, 0) is 0 Å².